The van der Waals surface area contributed by atoms with Crippen LogP contribution in [0.25, 0.3) is 0 Å². The first-order valence-electron chi connectivity index (χ1n) is 7.58. The highest BCUT2D eigenvalue weighted by Gasteiger charge is 2.20. The van der Waals surface area contributed by atoms with Crippen molar-refractivity contribution >= 4 is 11.8 Å². The van der Waals surface area contributed by atoms with Gasteiger partial charge in [0.2, 0.25) is 5.95 Å². The molecule has 2 saturated heterocycles. The fourth-order valence-electron chi connectivity index (χ4n) is 2.99. The van der Waals surface area contributed by atoms with Gasteiger partial charge in [0.25, 0.3) is 0 Å². The monoisotopic (exact) mass is 260 g/mol. The fourth-order valence-corrected chi connectivity index (χ4v) is 2.99. The minimum Gasteiger partial charge on any atom is -0.356 e. The first-order chi connectivity index (χ1) is 9.22. The Morgan fingerprint density at radius 3 is 2.37 bits per heavy atom. The molecule has 1 aromatic rings. The Hall–Kier alpha value is -1.32. The Kier molecular flexibility index (Phi) is 3.58. The zero-order valence-corrected chi connectivity index (χ0v) is 12.1. The van der Waals surface area contributed by atoms with Crippen LogP contribution in [-0.2, 0) is 0 Å². The predicted molar refractivity (Wildman–Crippen MR) is 78.8 cm³/mol. The average Bonchev–Trinajstić information content (AvgIpc) is 2.93. The third-order valence-electron chi connectivity index (χ3n) is 4.33. The molecular formula is C15H24N4. The van der Waals surface area contributed by atoms with E-state index in [-0.39, 0.29) is 0 Å². The van der Waals surface area contributed by atoms with Crippen molar-refractivity contribution < 1.29 is 0 Å². The lowest BCUT2D eigenvalue weighted by Crippen LogP contribution is -2.34. The van der Waals surface area contributed by atoms with Crippen LogP contribution in [0.5, 0.6) is 0 Å². The van der Waals surface area contributed by atoms with E-state index in [1.165, 1.54) is 25.7 Å². The Labute approximate surface area is 115 Å². The van der Waals surface area contributed by atoms with Gasteiger partial charge in [-0.1, -0.05) is 6.92 Å². The van der Waals surface area contributed by atoms with Crippen LogP contribution >= 0.6 is 0 Å². The van der Waals surface area contributed by atoms with Gasteiger partial charge in [-0.05, 0) is 38.5 Å². The van der Waals surface area contributed by atoms with E-state index in [0.29, 0.717) is 0 Å². The SMILES string of the molecule is Cc1cc(N2CCCC2)nc(N2CCC(C)CC2)n1. The van der Waals surface area contributed by atoms with Crippen molar-refractivity contribution in [1.29, 1.82) is 0 Å². The summed E-state index contributed by atoms with van der Waals surface area (Å²) >= 11 is 0. The van der Waals surface area contributed by atoms with E-state index >= 15 is 0 Å². The summed E-state index contributed by atoms with van der Waals surface area (Å²) in [5.41, 5.74) is 1.09. The molecule has 0 N–H and O–H groups in total. The summed E-state index contributed by atoms with van der Waals surface area (Å²) in [5.74, 6) is 2.91. The van der Waals surface area contributed by atoms with E-state index in [1.54, 1.807) is 0 Å². The number of nitrogens with zero attached hydrogens (tertiary/aromatic N) is 4. The highest BCUT2D eigenvalue weighted by molar-refractivity contribution is 5.46. The summed E-state index contributed by atoms with van der Waals surface area (Å²) in [6, 6.07) is 2.13. The van der Waals surface area contributed by atoms with E-state index in [2.05, 4.69) is 34.7 Å². The summed E-state index contributed by atoms with van der Waals surface area (Å²) in [6.07, 6.45) is 5.10. The molecule has 4 heteroatoms. The molecule has 1 aromatic heterocycles. The zero-order chi connectivity index (χ0) is 13.2. The van der Waals surface area contributed by atoms with Crippen molar-refractivity contribution in [3.63, 3.8) is 0 Å². The van der Waals surface area contributed by atoms with Gasteiger partial charge in [0.15, 0.2) is 0 Å². The molecule has 0 radical (unpaired) electrons. The second kappa shape index (κ2) is 5.35. The van der Waals surface area contributed by atoms with Crippen molar-refractivity contribution in [3.8, 4) is 0 Å². The Morgan fingerprint density at radius 2 is 1.68 bits per heavy atom. The molecule has 0 aromatic carbocycles. The van der Waals surface area contributed by atoms with Crippen molar-refractivity contribution in [3.05, 3.63) is 11.8 Å². The molecule has 0 spiro atoms. The summed E-state index contributed by atoms with van der Waals surface area (Å²) < 4.78 is 0. The average molecular weight is 260 g/mol. The first-order valence-corrected chi connectivity index (χ1v) is 7.58. The van der Waals surface area contributed by atoms with Gasteiger partial charge in [-0.25, -0.2) is 4.98 Å². The third kappa shape index (κ3) is 2.82. The van der Waals surface area contributed by atoms with Crippen molar-refractivity contribution in [2.45, 2.75) is 39.5 Å². The van der Waals surface area contributed by atoms with Gasteiger partial charge >= 0.3 is 0 Å². The van der Waals surface area contributed by atoms with E-state index in [1.807, 2.05) is 0 Å². The van der Waals surface area contributed by atoms with Crippen molar-refractivity contribution in [2.24, 2.45) is 5.92 Å². The minimum absolute atomic E-state index is 0.846. The van der Waals surface area contributed by atoms with Gasteiger partial charge in [-0.15, -0.1) is 0 Å². The van der Waals surface area contributed by atoms with Crippen LogP contribution in [0.2, 0.25) is 0 Å². The van der Waals surface area contributed by atoms with Gasteiger partial charge in [-0.2, -0.15) is 4.98 Å². The second-order valence-electron chi connectivity index (χ2n) is 6.03. The van der Waals surface area contributed by atoms with Gasteiger partial charge in [-0.3, -0.25) is 0 Å². The van der Waals surface area contributed by atoms with Gasteiger partial charge in [0, 0.05) is 37.9 Å². The summed E-state index contributed by atoms with van der Waals surface area (Å²) in [5, 5.41) is 0. The van der Waals surface area contributed by atoms with Crippen LogP contribution in [0.1, 0.15) is 38.3 Å². The molecule has 0 amide bonds. The Balaban J connectivity index is 1.80. The third-order valence-corrected chi connectivity index (χ3v) is 4.33. The van der Waals surface area contributed by atoms with Gasteiger partial charge in [0.1, 0.15) is 5.82 Å². The second-order valence-corrected chi connectivity index (χ2v) is 6.03. The molecule has 104 valence electrons. The number of rotatable bonds is 2. The lowest BCUT2D eigenvalue weighted by molar-refractivity contribution is 0.434. The zero-order valence-electron chi connectivity index (χ0n) is 12.1. The summed E-state index contributed by atoms with van der Waals surface area (Å²) in [4.78, 5) is 14.2. The van der Waals surface area contributed by atoms with Crippen LogP contribution in [0.15, 0.2) is 6.07 Å². The highest BCUT2D eigenvalue weighted by atomic mass is 15.3. The maximum absolute atomic E-state index is 4.81. The van der Waals surface area contributed by atoms with E-state index < -0.39 is 0 Å². The molecule has 0 atom stereocenters. The van der Waals surface area contributed by atoms with Gasteiger partial charge < -0.3 is 9.80 Å². The lowest BCUT2D eigenvalue weighted by Gasteiger charge is -2.31. The molecule has 0 unspecified atom stereocenters. The maximum Gasteiger partial charge on any atom is 0.227 e. The molecule has 4 nitrogen and oxygen atoms in total. The maximum atomic E-state index is 4.81. The summed E-state index contributed by atoms with van der Waals surface area (Å²) in [7, 11) is 0. The smallest absolute Gasteiger partial charge is 0.227 e. The number of aromatic nitrogens is 2. The minimum atomic E-state index is 0.846. The van der Waals surface area contributed by atoms with Crippen LogP contribution in [0, 0.1) is 12.8 Å². The number of hydrogen-bond donors (Lipinski definition) is 0. The molecule has 19 heavy (non-hydrogen) atoms. The predicted octanol–water partition coefficient (Wildman–Crippen LogP) is 2.62. The summed E-state index contributed by atoms with van der Waals surface area (Å²) in [6.45, 7) is 8.91. The molecule has 0 bridgehead atoms. The normalized spacial score (nSPS) is 21.2. The number of anilines is 2. The topological polar surface area (TPSA) is 32.3 Å². The quantitative estimate of drug-likeness (QED) is 0.818. The Bertz CT molecular complexity index is 432. The number of hydrogen-bond acceptors (Lipinski definition) is 4. The van der Waals surface area contributed by atoms with Crippen LogP contribution in [-0.4, -0.2) is 36.1 Å². The van der Waals surface area contributed by atoms with Gasteiger partial charge in [0.05, 0.1) is 0 Å². The number of piperidine rings is 1. The number of aryl methyl sites for hydroxylation is 1. The Morgan fingerprint density at radius 1 is 1.00 bits per heavy atom. The molecule has 2 aliphatic rings. The molecule has 2 fully saturated rings. The van der Waals surface area contributed by atoms with Crippen molar-refractivity contribution in [1.82, 2.24) is 9.97 Å². The molecular weight excluding hydrogens is 236 g/mol. The van der Waals surface area contributed by atoms with Crippen molar-refractivity contribution in [2.75, 3.05) is 36.0 Å². The largest absolute Gasteiger partial charge is 0.356 e. The molecule has 2 aliphatic heterocycles. The fraction of sp³-hybridized carbons (Fsp3) is 0.733. The van der Waals surface area contributed by atoms with E-state index in [9.17, 15) is 0 Å². The lowest BCUT2D eigenvalue weighted by atomic mass is 10.00. The first kappa shape index (κ1) is 12.7. The molecule has 0 saturated carbocycles. The van der Waals surface area contributed by atoms with Crippen LogP contribution < -0.4 is 9.80 Å². The van der Waals surface area contributed by atoms with E-state index in [4.69, 9.17) is 4.98 Å². The van der Waals surface area contributed by atoms with E-state index in [0.717, 1.165) is 49.6 Å². The van der Waals surface area contributed by atoms with Crippen LogP contribution in [0.4, 0.5) is 11.8 Å². The highest BCUT2D eigenvalue weighted by Crippen LogP contribution is 2.24. The van der Waals surface area contributed by atoms with Crippen LogP contribution in [0.3, 0.4) is 0 Å². The standard InChI is InChI=1S/C15H24N4/c1-12-5-9-19(10-6-12)15-16-13(2)11-14(17-15)18-7-3-4-8-18/h11-12H,3-10H2,1-2H3. The molecule has 0 aliphatic carbocycles. The molecule has 3 heterocycles. The molecule has 3 rings (SSSR count).